The normalized spacial score (nSPS) is 11.3. The van der Waals surface area contributed by atoms with E-state index in [1.165, 1.54) is 24.3 Å². The highest BCUT2D eigenvalue weighted by Gasteiger charge is 2.28. The number of halogens is 3. The molecule has 0 spiro atoms. The minimum absolute atomic E-state index is 0.0649. The number of carboxylic acids is 1. The lowest BCUT2D eigenvalue weighted by atomic mass is 10.3. The van der Waals surface area contributed by atoms with Gasteiger partial charge in [0.15, 0.2) is 0 Å². The molecule has 23 heavy (non-hydrogen) atoms. The number of carboxylic acid groups (broad SMARTS) is 1. The molecular formula is C14H10BrCl2NO4S. The molecule has 0 unspecified atom stereocenters. The molecule has 0 saturated carbocycles. The average Bonchev–Trinajstić information content (AvgIpc) is 2.48. The van der Waals surface area contributed by atoms with Crippen molar-refractivity contribution < 1.29 is 18.3 Å². The number of carbonyl (C=O) groups is 1. The number of anilines is 1. The minimum atomic E-state index is -4.13. The Bertz CT molecular complexity index is 858. The van der Waals surface area contributed by atoms with Crippen molar-refractivity contribution in [1.82, 2.24) is 0 Å². The van der Waals surface area contributed by atoms with Crippen LogP contribution in [0.5, 0.6) is 0 Å². The average molecular weight is 439 g/mol. The molecule has 1 N–H and O–H groups in total. The van der Waals surface area contributed by atoms with Crippen molar-refractivity contribution in [3.63, 3.8) is 0 Å². The summed E-state index contributed by atoms with van der Waals surface area (Å²) in [7, 11) is -4.13. The van der Waals surface area contributed by atoms with Crippen LogP contribution in [0, 0.1) is 0 Å². The molecule has 9 heteroatoms. The van der Waals surface area contributed by atoms with E-state index >= 15 is 0 Å². The van der Waals surface area contributed by atoms with E-state index in [0.717, 1.165) is 4.31 Å². The zero-order chi connectivity index (χ0) is 17.2. The molecule has 0 aliphatic heterocycles. The van der Waals surface area contributed by atoms with Gasteiger partial charge in [-0.25, -0.2) is 8.42 Å². The summed E-state index contributed by atoms with van der Waals surface area (Å²) in [6, 6.07) is 10.2. The smallest absolute Gasteiger partial charge is 0.324 e. The number of hydrogen-bond acceptors (Lipinski definition) is 3. The number of benzene rings is 2. The third-order valence-electron chi connectivity index (χ3n) is 2.88. The maximum atomic E-state index is 12.8. The van der Waals surface area contributed by atoms with Gasteiger partial charge in [-0.3, -0.25) is 9.10 Å². The summed E-state index contributed by atoms with van der Waals surface area (Å²) in [6.45, 7) is -0.731. The monoisotopic (exact) mass is 437 g/mol. The lowest BCUT2D eigenvalue weighted by molar-refractivity contribution is -0.135. The Morgan fingerprint density at radius 2 is 1.78 bits per heavy atom. The second kappa shape index (κ2) is 7.09. The fourth-order valence-corrected chi connectivity index (χ4v) is 4.28. The quantitative estimate of drug-likeness (QED) is 0.764. The largest absolute Gasteiger partial charge is 0.480 e. The third kappa shape index (κ3) is 3.98. The Morgan fingerprint density at radius 3 is 2.35 bits per heavy atom. The predicted octanol–water partition coefficient (Wildman–Crippen LogP) is 4.04. The topological polar surface area (TPSA) is 74.7 Å². The van der Waals surface area contributed by atoms with Crippen molar-refractivity contribution in [2.45, 2.75) is 4.90 Å². The van der Waals surface area contributed by atoms with Gasteiger partial charge >= 0.3 is 5.97 Å². The molecular weight excluding hydrogens is 429 g/mol. The standard InChI is InChI=1S/C14H10BrCl2NO4S/c15-10-3-1-2-4-13(10)18(8-14(19)20)23(21,22)9-5-6-11(16)12(17)7-9/h1-7H,8H2,(H,19,20). The predicted molar refractivity (Wildman–Crippen MR) is 92.8 cm³/mol. The van der Waals surface area contributed by atoms with E-state index in [1.54, 1.807) is 18.2 Å². The Labute approximate surface area is 151 Å². The highest BCUT2D eigenvalue weighted by Crippen LogP contribution is 2.32. The van der Waals surface area contributed by atoms with Crippen molar-refractivity contribution in [3.05, 3.63) is 57.0 Å². The molecule has 5 nitrogen and oxygen atoms in total. The molecule has 0 bridgehead atoms. The molecule has 0 aromatic heterocycles. The highest BCUT2D eigenvalue weighted by molar-refractivity contribution is 9.10. The molecule has 122 valence electrons. The third-order valence-corrected chi connectivity index (χ3v) is 6.04. The first-order chi connectivity index (χ1) is 10.7. The maximum Gasteiger partial charge on any atom is 0.324 e. The van der Waals surface area contributed by atoms with E-state index in [0.29, 0.717) is 4.47 Å². The van der Waals surface area contributed by atoms with E-state index in [2.05, 4.69) is 15.9 Å². The van der Waals surface area contributed by atoms with Gasteiger partial charge in [0.05, 0.1) is 20.6 Å². The molecule has 0 aliphatic rings. The molecule has 0 heterocycles. The molecule has 2 aromatic rings. The van der Waals surface area contributed by atoms with Crippen LogP contribution in [0.3, 0.4) is 0 Å². The number of aliphatic carboxylic acids is 1. The summed E-state index contributed by atoms with van der Waals surface area (Å²) in [5, 5.41) is 9.35. The van der Waals surface area contributed by atoms with Gasteiger partial charge in [0.25, 0.3) is 10.0 Å². The number of sulfonamides is 1. The van der Waals surface area contributed by atoms with E-state index in [9.17, 15) is 13.2 Å². The molecule has 0 amide bonds. The SMILES string of the molecule is O=C(O)CN(c1ccccc1Br)S(=O)(=O)c1ccc(Cl)c(Cl)c1. The summed E-state index contributed by atoms with van der Waals surface area (Å²) in [4.78, 5) is 11.0. The van der Waals surface area contributed by atoms with E-state index in [1.807, 2.05) is 0 Å². The van der Waals surface area contributed by atoms with E-state index in [-0.39, 0.29) is 20.6 Å². The lowest BCUT2D eigenvalue weighted by Crippen LogP contribution is -2.36. The van der Waals surface area contributed by atoms with Gasteiger partial charge in [-0.15, -0.1) is 0 Å². The number of hydrogen-bond donors (Lipinski definition) is 1. The van der Waals surface area contributed by atoms with Crippen LogP contribution in [0.15, 0.2) is 51.8 Å². The van der Waals surface area contributed by atoms with Gasteiger partial charge in [0.1, 0.15) is 6.54 Å². The number of rotatable bonds is 5. The van der Waals surface area contributed by atoms with Gasteiger partial charge in [0.2, 0.25) is 0 Å². The lowest BCUT2D eigenvalue weighted by Gasteiger charge is -2.24. The summed E-state index contributed by atoms with van der Waals surface area (Å²) < 4.78 is 26.9. The van der Waals surface area contributed by atoms with E-state index in [4.69, 9.17) is 28.3 Å². The highest BCUT2D eigenvalue weighted by atomic mass is 79.9. The van der Waals surface area contributed by atoms with Crippen molar-refractivity contribution in [2.24, 2.45) is 0 Å². The minimum Gasteiger partial charge on any atom is -0.480 e. The van der Waals surface area contributed by atoms with Gasteiger partial charge in [-0.05, 0) is 46.3 Å². The van der Waals surface area contributed by atoms with E-state index < -0.39 is 22.5 Å². The molecule has 0 saturated heterocycles. The van der Waals surface area contributed by atoms with Gasteiger partial charge in [-0.2, -0.15) is 0 Å². The molecule has 2 rings (SSSR count). The molecule has 0 atom stereocenters. The molecule has 0 aliphatic carbocycles. The zero-order valence-electron chi connectivity index (χ0n) is 11.4. The summed E-state index contributed by atoms with van der Waals surface area (Å²) >= 11 is 14.9. The van der Waals surface area contributed by atoms with Crippen LogP contribution in [0.4, 0.5) is 5.69 Å². The van der Waals surface area contributed by atoms with Crippen molar-refractivity contribution in [3.8, 4) is 0 Å². The van der Waals surface area contributed by atoms with Crippen LogP contribution in [0.25, 0.3) is 0 Å². The van der Waals surface area contributed by atoms with Crippen LogP contribution < -0.4 is 4.31 Å². The van der Waals surface area contributed by atoms with Gasteiger partial charge < -0.3 is 5.11 Å². The first kappa shape index (κ1) is 18.1. The van der Waals surface area contributed by atoms with Crippen molar-refractivity contribution in [2.75, 3.05) is 10.8 Å². The second-order valence-electron chi connectivity index (χ2n) is 4.43. The Hall–Kier alpha value is -1.28. The Kier molecular flexibility index (Phi) is 5.57. The number of para-hydroxylation sites is 1. The Balaban J connectivity index is 2.60. The first-order valence-electron chi connectivity index (χ1n) is 6.17. The van der Waals surface area contributed by atoms with Crippen molar-refractivity contribution in [1.29, 1.82) is 0 Å². The zero-order valence-corrected chi connectivity index (χ0v) is 15.3. The first-order valence-corrected chi connectivity index (χ1v) is 9.16. The fourth-order valence-electron chi connectivity index (χ4n) is 1.84. The summed E-state index contributed by atoms with van der Waals surface area (Å²) in [5.41, 5.74) is 0.209. The fraction of sp³-hybridized carbons (Fsp3) is 0.0714. The van der Waals surface area contributed by atoms with Crippen LogP contribution in [-0.2, 0) is 14.8 Å². The van der Waals surface area contributed by atoms with Crippen LogP contribution in [0.1, 0.15) is 0 Å². The molecule has 0 fully saturated rings. The summed E-state index contributed by atoms with van der Waals surface area (Å²) in [5.74, 6) is -1.29. The molecule has 0 radical (unpaired) electrons. The summed E-state index contributed by atoms with van der Waals surface area (Å²) in [6.07, 6.45) is 0. The Morgan fingerprint density at radius 1 is 1.13 bits per heavy atom. The van der Waals surface area contributed by atoms with Crippen LogP contribution in [0.2, 0.25) is 10.0 Å². The van der Waals surface area contributed by atoms with Gasteiger partial charge in [-0.1, -0.05) is 35.3 Å². The van der Waals surface area contributed by atoms with Crippen LogP contribution >= 0.6 is 39.1 Å². The van der Waals surface area contributed by atoms with Crippen molar-refractivity contribution >= 4 is 60.8 Å². The van der Waals surface area contributed by atoms with Gasteiger partial charge in [0, 0.05) is 4.47 Å². The maximum absolute atomic E-state index is 12.8. The molecule has 2 aromatic carbocycles. The second-order valence-corrected chi connectivity index (χ2v) is 7.96. The number of nitrogens with zero attached hydrogens (tertiary/aromatic N) is 1. The van der Waals surface area contributed by atoms with Crippen LogP contribution in [-0.4, -0.2) is 26.0 Å².